The number of nitrogens with zero attached hydrogens (tertiary/aromatic N) is 1. The van der Waals surface area contributed by atoms with Crippen molar-refractivity contribution in [1.29, 1.82) is 0 Å². The van der Waals surface area contributed by atoms with E-state index in [1.165, 1.54) is 0 Å². The Kier molecular flexibility index (Phi) is 6.33. The minimum absolute atomic E-state index is 0.0278. The lowest BCUT2D eigenvalue weighted by Gasteiger charge is -2.32. The van der Waals surface area contributed by atoms with Crippen molar-refractivity contribution >= 4 is 11.9 Å². The van der Waals surface area contributed by atoms with Gasteiger partial charge in [-0.2, -0.15) is 0 Å². The molecular formula is C18H27N3O4. The Labute approximate surface area is 148 Å². The fraction of sp³-hybridized carbons (Fsp3) is 0.667. The van der Waals surface area contributed by atoms with Gasteiger partial charge in [0, 0.05) is 32.2 Å². The summed E-state index contributed by atoms with van der Waals surface area (Å²) in [5.41, 5.74) is 0. The van der Waals surface area contributed by atoms with Crippen molar-refractivity contribution in [3.63, 3.8) is 0 Å². The highest BCUT2D eigenvalue weighted by molar-refractivity contribution is 5.79. The van der Waals surface area contributed by atoms with Crippen LogP contribution >= 0.6 is 0 Å². The van der Waals surface area contributed by atoms with Crippen molar-refractivity contribution in [3.8, 4) is 0 Å². The number of hydrogen-bond donors (Lipinski definition) is 2. The highest BCUT2D eigenvalue weighted by Crippen LogP contribution is 2.18. The Hall–Kier alpha value is -2.02. The van der Waals surface area contributed by atoms with E-state index in [0.29, 0.717) is 44.9 Å². The largest absolute Gasteiger partial charge is 0.467 e. The molecule has 7 nitrogen and oxygen atoms in total. The van der Waals surface area contributed by atoms with Gasteiger partial charge in [0.1, 0.15) is 5.76 Å². The standard InChI is InChI=1S/C18H27N3O4/c22-17(19-12-16-4-2-10-25-16)15-5-7-21(8-6-15)18(23)20-11-14-3-1-9-24-13-14/h2,4,10,14-15H,1,3,5-9,11-13H2,(H,19,22)(H,20,23)/t14-/m1/s1. The molecule has 3 amide bonds. The van der Waals surface area contributed by atoms with Gasteiger partial charge in [0.25, 0.3) is 0 Å². The first-order chi connectivity index (χ1) is 12.2. The highest BCUT2D eigenvalue weighted by atomic mass is 16.5. The summed E-state index contributed by atoms with van der Waals surface area (Å²) in [5.74, 6) is 1.17. The number of ether oxygens (including phenoxy) is 1. The van der Waals surface area contributed by atoms with Gasteiger partial charge in [-0.3, -0.25) is 4.79 Å². The number of carbonyl (C=O) groups excluding carboxylic acids is 2. The first kappa shape index (κ1) is 17.8. The summed E-state index contributed by atoms with van der Waals surface area (Å²) in [7, 11) is 0. The quantitative estimate of drug-likeness (QED) is 0.848. The Morgan fingerprint density at radius 2 is 2.04 bits per heavy atom. The maximum Gasteiger partial charge on any atom is 0.317 e. The summed E-state index contributed by atoms with van der Waals surface area (Å²) >= 11 is 0. The molecule has 2 saturated heterocycles. The zero-order chi connectivity index (χ0) is 17.5. The summed E-state index contributed by atoms with van der Waals surface area (Å²) in [6.07, 6.45) is 5.17. The second-order valence-electron chi connectivity index (χ2n) is 6.83. The molecule has 1 atom stereocenters. The Morgan fingerprint density at radius 3 is 2.72 bits per heavy atom. The van der Waals surface area contributed by atoms with Crippen LogP contribution in [0, 0.1) is 11.8 Å². The van der Waals surface area contributed by atoms with Crippen molar-refractivity contribution in [2.45, 2.75) is 32.2 Å². The minimum Gasteiger partial charge on any atom is -0.467 e. The second kappa shape index (κ2) is 8.89. The fourth-order valence-electron chi connectivity index (χ4n) is 3.39. The summed E-state index contributed by atoms with van der Waals surface area (Å²) in [6, 6.07) is 3.61. The van der Waals surface area contributed by atoms with Crippen LogP contribution in [0.2, 0.25) is 0 Å². The number of furan rings is 1. The molecule has 2 aliphatic heterocycles. The molecule has 0 unspecified atom stereocenters. The number of rotatable bonds is 5. The molecular weight excluding hydrogens is 322 g/mol. The number of likely N-dealkylation sites (tertiary alicyclic amines) is 1. The molecule has 0 aromatic carbocycles. The van der Waals surface area contributed by atoms with E-state index in [2.05, 4.69) is 10.6 Å². The van der Waals surface area contributed by atoms with E-state index in [0.717, 1.165) is 31.8 Å². The van der Waals surface area contributed by atoms with Crippen molar-refractivity contribution in [2.75, 3.05) is 32.8 Å². The van der Waals surface area contributed by atoms with E-state index >= 15 is 0 Å². The molecule has 0 aliphatic carbocycles. The van der Waals surface area contributed by atoms with Crippen molar-refractivity contribution in [3.05, 3.63) is 24.2 Å². The summed E-state index contributed by atoms with van der Waals surface area (Å²) in [4.78, 5) is 26.3. The van der Waals surface area contributed by atoms with Crippen molar-refractivity contribution in [2.24, 2.45) is 11.8 Å². The number of amides is 3. The van der Waals surface area contributed by atoms with Crippen LogP contribution in [-0.2, 0) is 16.1 Å². The molecule has 2 N–H and O–H groups in total. The van der Waals surface area contributed by atoms with Crippen LogP contribution in [0.5, 0.6) is 0 Å². The fourth-order valence-corrected chi connectivity index (χ4v) is 3.39. The molecule has 0 saturated carbocycles. The third-order valence-corrected chi connectivity index (χ3v) is 4.97. The van der Waals surface area contributed by atoms with Gasteiger partial charge in [-0.15, -0.1) is 0 Å². The van der Waals surface area contributed by atoms with Crippen LogP contribution in [0.25, 0.3) is 0 Å². The lowest BCUT2D eigenvalue weighted by molar-refractivity contribution is -0.126. The van der Waals surface area contributed by atoms with Crippen LogP contribution in [-0.4, -0.2) is 49.7 Å². The Bertz CT molecular complexity index is 547. The molecule has 0 radical (unpaired) electrons. The van der Waals surface area contributed by atoms with Gasteiger partial charge in [-0.1, -0.05) is 0 Å². The topological polar surface area (TPSA) is 83.8 Å². The monoisotopic (exact) mass is 349 g/mol. The number of nitrogens with one attached hydrogen (secondary N) is 2. The first-order valence-corrected chi connectivity index (χ1v) is 9.13. The molecule has 1 aromatic rings. The number of carbonyl (C=O) groups is 2. The van der Waals surface area contributed by atoms with Crippen LogP contribution < -0.4 is 10.6 Å². The van der Waals surface area contributed by atoms with Crippen LogP contribution in [0.15, 0.2) is 22.8 Å². The third-order valence-electron chi connectivity index (χ3n) is 4.97. The molecule has 1 aromatic heterocycles. The van der Waals surface area contributed by atoms with E-state index in [1.807, 2.05) is 6.07 Å². The molecule has 0 bridgehead atoms. The molecule has 2 aliphatic rings. The van der Waals surface area contributed by atoms with Crippen LogP contribution in [0.4, 0.5) is 4.79 Å². The van der Waals surface area contributed by atoms with Gasteiger partial charge in [0.15, 0.2) is 0 Å². The number of urea groups is 1. The van der Waals surface area contributed by atoms with Gasteiger partial charge < -0.3 is 24.7 Å². The molecule has 3 heterocycles. The van der Waals surface area contributed by atoms with E-state index in [4.69, 9.17) is 9.15 Å². The van der Waals surface area contributed by atoms with Gasteiger partial charge in [-0.05, 0) is 43.7 Å². The van der Waals surface area contributed by atoms with Gasteiger partial charge in [0.2, 0.25) is 5.91 Å². The highest BCUT2D eigenvalue weighted by Gasteiger charge is 2.27. The van der Waals surface area contributed by atoms with Crippen molar-refractivity contribution < 1.29 is 18.7 Å². The second-order valence-corrected chi connectivity index (χ2v) is 6.83. The predicted octanol–water partition coefficient (Wildman–Crippen LogP) is 1.74. The third kappa shape index (κ3) is 5.22. The van der Waals surface area contributed by atoms with E-state index in [9.17, 15) is 9.59 Å². The normalized spacial score (nSPS) is 21.8. The number of piperidine rings is 1. The summed E-state index contributed by atoms with van der Waals surface area (Å²) < 4.78 is 10.6. The first-order valence-electron chi connectivity index (χ1n) is 9.13. The molecule has 25 heavy (non-hydrogen) atoms. The molecule has 138 valence electrons. The summed E-state index contributed by atoms with van der Waals surface area (Å²) in [5, 5.41) is 5.91. The summed E-state index contributed by atoms with van der Waals surface area (Å²) in [6.45, 7) is 3.88. The molecule has 2 fully saturated rings. The average molecular weight is 349 g/mol. The smallest absolute Gasteiger partial charge is 0.317 e. The van der Waals surface area contributed by atoms with Crippen LogP contribution in [0.1, 0.15) is 31.4 Å². The molecule has 0 spiro atoms. The van der Waals surface area contributed by atoms with Gasteiger partial charge >= 0.3 is 6.03 Å². The van der Waals surface area contributed by atoms with E-state index < -0.39 is 0 Å². The van der Waals surface area contributed by atoms with E-state index in [-0.39, 0.29) is 17.9 Å². The lowest BCUT2D eigenvalue weighted by Crippen LogP contribution is -2.48. The molecule has 7 heteroatoms. The van der Waals surface area contributed by atoms with Crippen LogP contribution in [0.3, 0.4) is 0 Å². The predicted molar refractivity (Wildman–Crippen MR) is 91.8 cm³/mol. The average Bonchev–Trinajstić information content (AvgIpc) is 3.19. The van der Waals surface area contributed by atoms with E-state index in [1.54, 1.807) is 17.2 Å². The SMILES string of the molecule is O=C(NCc1ccco1)C1CCN(C(=O)NC[C@H]2CCCOC2)CC1. The maximum atomic E-state index is 12.3. The Balaban J connectivity index is 1.34. The zero-order valence-electron chi connectivity index (χ0n) is 14.5. The maximum absolute atomic E-state index is 12.3. The Morgan fingerprint density at radius 1 is 1.20 bits per heavy atom. The minimum atomic E-state index is -0.0363. The van der Waals surface area contributed by atoms with Gasteiger partial charge in [0.05, 0.1) is 19.4 Å². The number of hydrogen-bond acceptors (Lipinski definition) is 4. The molecule has 3 rings (SSSR count). The lowest BCUT2D eigenvalue weighted by atomic mass is 9.96. The van der Waals surface area contributed by atoms with Gasteiger partial charge in [-0.25, -0.2) is 4.79 Å². The van der Waals surface area contributed by atoms with Crippen molar-refractivity contribution in [1.82, 2.24) is 15.5 Å². The zero-order valence-corrected chi connectivity index (χ0v) is 14.5.